The van der Waals surface area contributed by atoms with Gasteiger partial charge in [-0.1, -0.05) is 6.07 Å². The standard InChI is InChI=1S/C12H14ClNO3/c1-8(14-12(15)7-13)9-2-3-10-11(6-9)17-5-4-16-10/h2-3,6,8H,4-5,7H2,1H3,(H,14,15). The average Bonchev–Trinajstić information content (AvgIpc) is 2.38. The Hall–Kier alpha value is -1.42. The normalized spacial score (nSPS) is 15.2. The summed E-state index contributed by atoms with van der Waals surface area (Å²) in [5.74, 6) is 1.25. The van der Waals surface area contributed by atoms with E-state index in [9.17, 15) is 4.79 Å². The highest BCUT2D eigenvalue weighted by atomic mass is 35.5. The van der Waals surface area contributed by atoms with Crippen LogP contribution in [0.5, 0.6) is 11.5 Å². The summed E-state index contributed by atoms with van der Waals surface area (Å²) in [5.41, 5.74) is 0.965. The van der Waals surface area contributed by atoms with Gasteiger partial charge in [0.1, 0.15) is 19.1 Å². The van der Waals surface area contributed by atoms with Gasteiger partial charge in [-0.05, 0) is 24.6 Å². The quantitative estimate of drug-likeness (QED) is 0.839. The number of amides is 1. The molecule has 0 aromatic heterocycles. The van der Waals surface area contributed by atoms with Crippen molar-refractivity contribution in [3.05, 3.63) is 23.8 Å². The Kier molecular flexibility index (Phi) is 3.74. The summed E-state index contributed by atoms with van der Waals surface area (Å²) in [7, 11) is 0. The molecule has 0 fully saturated rings. The van der Waals surface area contributed by atoms with Gasteiger partial charge < -0.3 is 14.8 Å². The molecular weight excluding hydrogens is 242 g/mol. The van der Waals surface area contributed by atoms with Gasteiger partial charge in [-0.3, -0.25) is 4.79 Å². The molecule has 1 amide bonds. The molecule has 2 rings (SSSR count). The van der Waals surface area contributed by atoms with Crippen LogP contribution in [0.4, 0.5) is 0 Å². The first-order chi connectivity index (χ1) is 8.20. The van der Waals surface area contributed by atoms with Crippen LogP contribution in [0.3, 0.4) is 0 Å². The van der Waals surface area contributed by atoms with E-state index < -0.39 is 0 Å². The monoisotopic (exact) mass is 255 g/mol. The second-order valence-corrected chi connectivity index (χ2v) is 4.09. The fourth-order valence-corrected chi connectivity index (χ4v) is 1.77. The lowest BCUT2D eigenvalue weighted by molar-refractivity contribution is -0.119. The number of rotatable bonds is 3. The lowest BCUT2D eigenvalue weighted by Gasteiger charge is -2.20. The van der Waals surface area contributed by atoms with Crippen molar-refractivity contribution in [2.45, 2.75) is 13.0 Å². The molecule has 0 bridgehead atoms. The highest BCUT2D eigenvalue weighted by Crippen LogP contribution is 2.32. The van der Waals surface area contributed by atoms with E-state index in [2.05, 4.69) is 5.32 Å². The summed E-state index contributed by atoms with van der Waals surface area (Å²) in [6.45, 7) is 3.03. The average molecular weight is 256 g/mol. The Morgan fingerprint density at radius 3 is 2.82 bits per heavy atom. The molecular formula is C12H14ClNO3. The number of halogens is 1. The number of carbonyl (C=O) groups excluding carboxylic acids is 1. The topological polar surface area (TPSA) is 47.6 Å². The van der Waals surface area contributed by atoms with Gasteiger partial charge in [-0.2, -0.15) is 0 Å². The smallest absolute Gasteiger partial charge is 0.235 e. The van der Waals surface area contributed by atoms with Crippen LogP contribution in [0.1, 0.15) is 18.5 Å². The lowest BCUT2D eigenvalue weighted by atomic mass is 10.1. The molecule has 92 valence electrons. The highest BCUT2D eigenvalue weighted by Gasteiger charge is 2.15. The van der Waals surface area contributed by atoms with Gasteiger partial charge in [0.15, 0.2) is 11.5 Å². The van der Waals surface area contributed by atoms with E-state index in [4.69, 9.17) is 21.1 Å². The third kappa shape index (κ3) is 2.82. The predicted molar refractivity (Wildman–Crippen MR) is 64.7 cm³/mol. The van der Waals surface area contributed by atoms with Crippen molar-refractivity contribution in [3.8, 4) is 11.5 Å². The molecule has 4 nitrogen and oxygen atoms in total. The summed E-state index contributed by atoms with van der Waals surface area (Å²) in [5, 5.41) is 2.79. The third-order valence-electron chi connectivity index (χ3n) is 2.57. The second kappa shape index (κ2) is 5.27. The number of fused-ring (bicyclic) bond motifs is 1. The summed E-state index contributed by atoms with van der Waals surface area (Å²) >= 11 is 5.44. The SMILES string of the molecule is CC(NC(=O)CCl)c1ccc2c(c1)OCCO2. The van der Waals surface area contributed by atoms with Crippen molar-refractivity contribution >= 4 is 17.5 Å². The molecule has 17 heavy (non-hydrogen) atoms. The van der Waals surface area contributed by atoms with E-state index in [1.807, 2.05) is 25.1 Å². The molecule has 1 aromatic carbocycles. The van der Waals surface area contributed by atoms with Gasteiger partial charge in [0.2, 0.25) is 5.91 Å². The number of nitrogens with one attached hydrogen (secondary N) is 1. The van der Waals surface area contributed by atoms with Crippen LogP contribution in [0, 0.1) is 0 Å². The van der Waals surface area contributed by atoms with Gasteiger partial charge >= 0.3 is 0 Å². The fraction of sp³-hybridized carbons (Fsp3) is 0.417. The molecule has 1 aliphatic rings. The van der Waals surface area contributed by atoms with Crippen LogP contribution in [0.25, 0.3) is 0 Å². The molecule has 0 spiro atoms. The van der Waals surface area contributed by atoms with Crippen LogP contribution in [0.2, 0.25) is 0 Å². The predicted octanol–water partition coefficient (Wildman–Crippen LogP) is 1.87. The van der Waals surface area contributed by atoms with Crippen molar-refractivity contribution in [2.75, 3.05) is 19.1 Å². The number of alkyl halides is 1. The largest absolute Gasteiger partial charge is 0.486 e. The maximum absolute atomic E-state index is 11.2. The molecule has 1 N–H and O–H groups in total. The van der Waals surface area contributed by atoms with E-state index in [0.717, 1.165) is 17.1 Å². The Labute approximate surface area is 105 Å². The van der Waals surface area contributed by atoms with Gasteiger partial charge in [0.25, 0.3) is 0 Å². The Morgan fingerprint density at radius 1 is 1.41 bits per heavy atom. The molecule has 0 aliphatic carbocycles. The molecule has 0 saturated heterocycles. The molecule has 1 aromatic rings. The first kappa shape index (κ1) is 12.0. The maximum atomic E-state index is 11.2. The van der Waals surface area contributed by atoms with Gasteiger partial charge in [0, 0.05) is 0 Å². The Morgan fingerprint density at radius 2 is 2.12 bits per heavy atom. The first-order valence-electron chi connectivity index (χ1n) is 5.45. The van der Waals surface area contributed by atoms with E-state index in [-0.39, 0.29) is 17.8 Å². The minimum atomic E-state index is -0.186. The van der Waals surface area contributed by atoms with Crippen LogP contribution < -0.4 is 14.8 Å². The molecule has 1 unspecified atom stereocenters. The summed E-state index contributed by atoms with van der Waals surface area (Å²) < 4.78 is 10.9. The lowest BCUT2D eigenvalue weighted by Crippen LogP contribution is -2.27. The van der Waals surface area contributed by atoms with Gasteiger partial charge in [0.05, 0.1) is 6.04 Å². The molecule has 1 aliphatic heterocycles. The van der Waals surface area contributed by atoms with E-state index in [1.54, 1.807) is 0 Å². The van der Waals surface area contributed by atoms with Crippen LogP contribution in [-0.2, 0) is 4.79 Å². The summed E-state index contributed by atoms with van der Waals surface area (Å²) in [6.07, 6.45) is 0. The number of hydrogen-bond acceptors (Lipinski definition) is 3. The molecule has 5 heteroatoms. The molecule has 1 atom stereocenters. The fourth-order valence-electron chi connectivity index (χ4n) is 1.69. The highest BCUT2D eigenvalue weighted by molar-refractivity contribution is 6.27. The van der Waals surface area contributed by atoms with Crippen molar-refractivity contribution < 1.29 is 14.3 Å². The minimum absolute atomic E-state index is 0.0328. The Bertz CT molecular complexity index is 422. The van der Waals surface area contributed by atoms with Crippen LogP contribution >= 0.6 is 11.6 Å². The van der Waals surface area contributed by atoms with Gasteiger partial charge in [-0.15, -0.1) is 11.6 Å². The van der Waals surface area contributed by atoms with E-state index >= 15 is 0 Å². The zero-order valence-corrected chi connectivity index (χ0v) is 10.3. The molecule has 1 heterocycles. The van der Waals surface area contributed by atoms with Crippen LogP contribution in [-0.4, -0.2) is 25.0 Å². The maximum Gasteiger partial charge on any atom is 0.235 e. The third-order valence-corrected chi connectivity index (χ3v) is 2.81. The van der Waals surface area contributed by atoms with Crippen molar-refractivity contribution in [3.63, 3.8) is 0 Å². The van der Waals surface area contributed by atoms with Crippen molar-refractivity contribution in [1.29, 1.82) is 0 Å². The van der Waals surface area contributed by atoms with E-state index in [0.29, 0.717) is 13.2 Å². The molecule has 0 radical (unpaired) electrons. The second-order valence-electron chi connectivity index (χ2n) is 3.83. The number of ether oxygens (including phenoxy) is 2. The van der Waals surface area contributed by atoms with Crippen molar-refractivity contribution in [1.82, 2.24) is 5.32 Å². The summed E-state index contributed by atoms with van der Waals surface area (Å²) in [4.78, 5) is 11.2. The van der Waals surface area contributed by atoms with Gasteiger partial charge in [-0.25, -0.2) is 0 Å². The zero-order valence-electron chi connectivity index (χ0n) is 9.53. The number of benzene rings is 1. The Balaban J connectivity index is 2.13. The first-order valence-corrected chi connectivity index (χ1v) is 5.99. The number of hydrogen-bond donors (Lipinski definition) is 1. The zero-order chi connectivity index (χ0) is 12.3. The van der Waals surface area contributed by atoms with Crippen molar-refractivity contribution in [2.24, 2.45) is 0 Å². The molecule has 0 saturated carbocycles. The van der Waals surface area contributed by atoms with E-state index in [1.165, 1.54) is 0 Å². The minimum Gasteiger partial charge on any atom is -0.486 e. The number of carbonyl (C=O) groups is 1. The van der Waals surface area contributed by atoms with Crippen LogP contribution in [0.15, 0.2) is 18.2 Å². The summed E-state index contributed by atoms with van der Waals surface area (Å²) in [6, 6.07) is 5.55.